The molecule has 1 saturated carbocycles. The first-order valence-electron chi connectivity index (χ1n) is 6.22. The molecule has 1 aliphatic rings. The van der Waals surface area contributed by atoms with E-state index in [9.17, 15) is 4.79 Å². The topological polar surface area (TPSA) is 55.1 Å². The molecule has 3 nitrogen and oxygen atoms in total. The van der Waals surface area contributed by atoms with Crippen molar-refractivity contribution >= 4 is 11.6 Å². The molecule has 0 aromatic heterocycles. The van der Waals surface area contributed by atoms with Gasteiger partial charge in [0.25, 0.3) is 0 Å². The Morgan fingerprint density at radius 1 is 1.29 bits per heavy atom. The highest BCUT2D eigenvalue weighted by Gasteiger charge is 2.30. The van der Waals surface area contributed by atoms with Gasteiger partial charge in [-0.3, -0.25) is 4.79 Å². The van der Waals surface area contributed by atoms with Crippen molar-refractivity contribution in [1.29, 1.82) is 0 Å². The van der Waals surface area contributed by atoms with E-state index in [1.54, 1.807) is 0 Å². The molecular formula is C14H20N2O. The van der Waals surface area contributed by atoms with Crippen LogP contribution in [0, 0.1) is 19.8 Å². The molecule has 2 atom stereocenters. The summed E-state index contributed by atoms with van der Waals surface area (Å²) in [5.74, 6) is 0.0569. The Kier molecular flexibility index (Phi) is 3.48. The predicted octanol–water partition coefficient (Wildman–Crippen LogP) is 2.37. The van der Waals surface area contributed by atoms with Gasteiger partial charge in [0.2, 0.25) is 5.91 Å². The summed E-state index contributed by atoms with van der Waals surface area (Å²) in [6.07, 6.45) is 2.94. The number of para-hydroxylation sites is 1. The smallest absolute Gasteiger partial charge is 0.229 e. The van der Waals surface area contributed by atoms with Crippen molar-refractivity contribution < 1.29 is 4.79 Å². The predicted molar refractivity (Wildman–Crippen MR) is 69.9 cm³/mol. The summed E-state index contributed by atoms with van der Waals surface area (Å²) in [5, 5.41) is 3.03. The fourth-order valence-corrected chi connectivity index (χ4v) is 2.54. The highest BCUT2D eigenvalue weighted by molar-refractivity contribution is 5.94. The van der Waals surface area contributed by atoms with Crippen LogP contribution in [0.25, 0.3) is 0 Å². The number of hydrogen-bond acceptors (Lipinski definition) is 2. The van der Waals surface area contributed by atoms with Gasteiger partial charge >= 0.3 is 0 Å². The maximum absolute atomic E-state index is 12.1. The Hall–Kier alpha value is -1.35. The van der Waals surface area contributed by atoms with E-state index >= 15 is 0 Å². The SMILES string of the molecule is Cc1cccc(C)c1NC(=O)C1CCCC1N. The molecule has 1 aromatic rings. The van der Waals surface area contributed by atoms with Crippen molar-refractivity contribution in [1.82, 2.24) is 0 Å². The number of anilines is 1. The van der Waals surface area contributed by atoms with Crippen molar-refractivity contribution in [3.8, 4) is 0 Å². The van der Waals surface area contributed by atoms with E-state index in [4.69, 9.17) is 5.73 Å². The molecule has 1 aromatic carbocycles. The van der Waals surface area contributed by atoms with Crippen LogP contribution in [0.2, 0.25) is 0 Å². The molecule has 0 radical (unpaired) electrons. The largest absolute Gasteiger partial charge is 0.327 e. The van der Waals surface area contributed by atoms with E-state index in [2.05, 4.69) is 5.32 Å². The first-order chi connectivity index (χ1) is 8.09. The zero-order valence-electron chi connectivity index (χ0n) is 10.5. The molecule has 0 spiro atoms. The van der Waals surface area contributed by atoms with Gasteiger partial charge in [-0.2, -0.15) is 0 Å². The number of hydrogen-bond donors (Lipinski definition) is 2. The lowest BCUT2D eigenvalue weighted by Gasteiger charge is -2.17. The van der Waals surface area contributed by atoms with Crippen molar-refractivity contribution in [3.63, 3.8) is 0 Å². The molecule has 1 aliphatic carbocycles. The number of rotatable bonds is 2. The lowest BCUT2D eigenvalue weighted by Crippen LogP contribution is -2.34. The second-order valence-electron chi connectivity index (χ2n) is 4.96. The van der Waals surface area contributed by atoms with E-state index in [0.29, 0.717) is 0 Å². The first kappa shape index (κ1) is 12.1. The van der Waals surface area contributed by atoms with Crippen LogP contribution < -0.4 is 11.1 Å². The minimum Gasteiger partial charge on any atom is -0.327 e. The van der Waals surface area contributed by atoms with Crippen LogP contribution in [0.5, 0.6) is 0 Å². The monoisotopic (exact) mass is 232 g/mol. The zero-order valence-corrected chi connectivity index (χ0v) is 10.5. The Morgan fingerprint density at radius 2 is 1.94 bits per heavy atom. The van der Waals surface area contributed by atoms with Gasteiger partial charge in [-0.1, -0.05) is 24.6 Å². The Balaban J connectivity index is 2.13. The number of nitrogens with two attached hydrogens (primary N) is 1. The molecule has 0 aliphatic heterocycles. The number of nitrogens with one attached hydrogen (secondary N) is 1. The van der Waals surface area contributed by atoms with Gasteiger partial charge in [0.05, 0.1) is 5.92 Å². The fraction of sp³-hybridized carbons (Fsp3) is 0.500. The minimum atomic E-state index is -0.0194. The van der Waals surface area contributed by atoms with E-state index in [-0.39, 0.29) is 17.9 Å². The maximum atomic E-state index is 12.1. The van der Waals surface area contributed by atoms with Crippen molar-refractivity contribution in [2.75, 3.05) is 5.32 Å². The Labute approximate surface area is 102 Å². The summed E-state index contributed by atoms with van der Waals surface area (Å²) in [6.45, 7) is 4.02. The van der Waals surface area contributed by atoms with Gasteiger partial charge in [0.1, 0.15) is 0 Å². The number of carbonyl (C=O) groups excluding carboxylic acids is 1. The van der Waals surface area contributed by atoms with Gasteiger partial charge < -0.3 is 11.1 Å². The quantitative estimate of drug-likeness (QED) is 0.822. The van der Waals surface area contributed by atoms with E-state index < -0.39 is 0 Å². The lowest BCUT2D eigenvalue weighted by atomic mass is 10.0. The number of aryl methyl sites for hydroxylation is 2. The molecule has 0 heterocycles. The number of benzene rings is 1. The Morgan fingerprint density at radius 3 is 2.47 bits per heavy atom. The van der Waals surface area contributed by atoms with E-state index in [1.807, 2.05) is 32.0 Å². The van der Waals surface area contributed by atoms with Gasteiger partial charge in [0.15, 0.2) is 0 Å². The molecule has 3 N–H and O–H groups in total. The molecule has 92 valence electrons. The standard InChI is InChI=1S/C14H20N2O/c1-9-5-3-6-10(2)13(9)16-14(17)11-7-4-8-12(11)15/h3,5-6,11-12H,4,7-8,15H2,1-2H3,(H,16,17). The molecule has 17 heavy (non-hydrogen) atoms. The van der Waals surface area contributed by atoms with Crippen LogP contribution >= 0.6 is 0 Å². The average Bonchev–Trinajstić information content (AvgIpc) is 2.70. The second-order valence-corrected chi connectivity index (χ2v) is 4.96. The summed E-state index contributed by atoms with van der Waals surface area (Å²) in [5.41, 5.74) is 9.09. The highest BCUT2D eigenvalue weighted by atomic mass is 16.1. The summed E-state index contributed by atoms with van der Waals surface area (Å²) in [4.78, 5) is 12.1. The molecular weight excluding hydrogens is 212 g/mol. The Bertz CT molecular complexity index is 408. The normalized spacial score (nSPS) is 23.7. The zero-order chi connectivity index (χ0) is 12.4. The van der Waals surface area contributed by atoms with E-state index in [0.717, 1.165) is 36.1 Å². The van der Waals surface area contributed by atoms with Crippen LogP contribution in [0.3, 0.4) is 0 Å². The lowest BCUT2D eigenvalue weighted by molar-refractivity contribution is -0.120. The summed E-state index contributed by atoms with van der Waals surface area (Å²) in [6, 6.07) is 6.05. The third kappa shape index (κ3) is 2.50. The maximum Gasteiger partial charge on any atom is 0.229 e. The van der Waals surface area contributed by atoms with Crippen LogP contribution in [0.1, 0.15) is 30.4 Å². The fourth-order valence-electron chi connectivity index (χ4n) is 2.54. The summed E-state index contributed by atoms with van der Waals surface area (Å²) >= 11 is 0. The van der Waals surface area contributed by atoms with Gasteiger partial charge in [-0.15, -0.1) is 0 Å². The van der Waals surface area contributed by atoms with Crippen LogP contribution in [-0.2, 0) is 4.79 Å². The highest BCUT2D eigenvalue weighted by Crippen LogP contribution is 2.27. The molecule has 2 unspecified atom stereocenters. The van der Waals surface area contributed by atoms with Gasteiger partial charge in [-0.05, 0) is 37.8 Å². The summed E-state index contributed by atoms with van der Waals surface area (Å²) in [7, 11) is 0. The molecule has 3 heteroatoms. The second kappa shape index (κ2) is 4.88. The number of carbonyl (C=O) groups is 1. The molecule has 1 fully saturated rings. The van der Waals surface area contributed by atoms with Gasteiger partial charge in [-0.25, -0.2) is 0 Å². The van der Waals surface area contributed by atoms with Gasteiger partial charge in [0, 0.05) is 11.7 Å². The van der Waals surface area contributed by atoms with E-state index in [1.165, 1.54) is 0 Å². The molecule has 1 amide bonds. The minimum absolute atomic E-state index is 0.0194. The first-order valence-corrected chi connectivity index (χ1v) is 6.22. The molecule has 2 rings (SSSR count). The third-order valence-electron chi connectivity index (χ3n) is 3.64. The summed E-state index contributed by atoms with van der Waals surface area (Å²) < 4.78 is 0. The van der Waals surface area contributed by atoms with Crippen molar-refractivity contribution in [2.24, 2.45) is 11.7 Å². The van der Waals surface area contributed by atoms with Crippen LogP contribution in [0.4, 0.5) is 5.69 Å². The van der Waals surface area contributed by atoms with Crippen molar-refractivity contribution in [3.05, 3.63) is 29.3 Å². The average molecular weight is 232 g/mol. The molecule has 0 bridgehead atoms. The molecule has 0 saturated heterocycles. The van der Waals surface area contributed by atoms with Crippen LogP contribution in [0.15, 0.2) is 18.2 Å². The third-order valence-corrected chi connectivity index (χ3v) is 3.64. The van der Waals surface area contributed by atoms with Crippen molar-refractivity contribution in [2.45, 2.75) is 39.2 Å². The number of amides is 1. The van der Waals surface area contributed by atoms with Crippen LogP contribution in [-0.4, -0.2) is 11.9 Å².